The van der Waals surface area contributed by atoms with Gasteiger partial charge in [0.25, 0.3) is 5.91 Å². The van der Waals surface area contributed by atoms with Gasteiger partial charge in [0.2, 0.25) is 0 Å². The standard InChI is InChI=1S/C26H26ClNO3/c1-17(31-21-13-10-19(11-14-21)26(2,3)4)25(30)28-23-15-12-20(27)16-22(23)24(29)18-8-6-5-7-9-18/h5-17H,1-4H3,(H,28,30)/t17-/m0/s1. The van der Waals surface area contributed by atoms with Crippen LogP contribution in [-0.4, -0.2) is 17.8 Å². The zero-order valence-corrected chi connectivity index (χ0v) is 18.9. The summed E-state index contributed by atoms with van der Waals surface area (Å²) >= 11 is 6.11. The van der Waals surface area contributed by atoms with Gasteiger partial charge in [-0.3, -0.25) is 9.59 Å². The van der Waals surface area contributed by atoms with Gasteiger partial charge in [-0.15, -0.1) is 0 Å². The smallest absolute Gasteiger partial charge is 0.265 e. The van der Waals surface area contributed by atoms with E-state index in [2.05, 4.69) is 26.1 Å². The SMILES string of the molecule is C[C@H](Oc1ccc(C(C)(C)C)cc1)C(=O)Nc1ccc(Cl)cc1C(=O)c1ccccc1. The summed E-state index contributed by atoms with van der Waals surface area (Å²) in [4.78, 5) is 25.7. The number of halogens is 1. The monoisotopic (exact) mass is 435 g/mol. The molecule has 3 rings (SSSR count). The number of hydrogen-bond donors (Lipinski definition) is 1. The number of ketones is 1. The fraction of sp³-hybridized carbons (Fsp3) is 0.231. The molecule has 0 radical (unpaired) electrons. The highest BCUT2D eigenvalue weighted by molar-refractivity contribution is 6.31. The van der Waals surface area contributed by atoms with E-state index in [1.165, 1.54) is 5.56 Å². The molecule has 0 saturated carbocycles. The molecule has 4 nitrogen and oxygen atoms in total. The zero-order valence-electron chi connectivity index (χ0n) is 18.1. The molecule has 3 aromatic carbocycles. The van der Waals surface area contributed by atoms with Crippen LogP contribution < -0.4 is 10.1 Å². The predicted octanol–water partition coefficient (Wildman–Crippen LogP) is 6.27. The van der Waals surface area contributed by atoms with E-state index in [1.807, 2.05) is 30.3 Å². The van der Waals surface area contributed by atoms with E-state index in [1.54, 1.807) is 49.4 Å². The van der Waals surface area contributed by atoms with Crippen LogP contribution in [0.15, 0.2) is 72.8 Å². The maximum absolute atomic E-state index is 12.9. The number of amides is 1. The van der Waals surface area contributed by atoms with E-state index in [0.717, 1.165) is 0 Å². The van der Waals surface area contributed by atoms with Crippen LogP contribution >= 0.6 is 11.6 Å². The predicted molar refractivity (Wildman–Crippen MR) is 125 cm³/mol. The Kier molecular flexibility index (Phi) is 6.81. The number of ether oxygens (including phenoxy) is 1. The molecule has 0 saturated heterocycles. The topological polar surface area (TPSA) is 55.4 Å². The van der Waals surface area contributed by atoms with Crippen LogP contribution in [-0.2, 0) is 10.2 Å². The number of carbonyl (C=O) groups excluding carboxylic acids is 2. The summed E-state index contributed by atoms with van der Waals surface area (Å²) in [6.45, 7) is 8.08. The van der Waals surface area contributed by atoms with Crippen LogP contribution in [0.2, 0.25) is 5.02 Å². The first-order valence-electron chi connectivity index (χ1n) is 10.1. The third-order valence-corrected chi connectivity index (χ3v) is 5.16. The summed E-state index contributed by atoms with van der Waals surface area (Å²) in [6.07, 6.45) is -0.754. The summed E-state index contributed by atoms with van der Waals surface area (Å²) in [5.74, 6) is 0.0291. The van der Waals surface area contributed by atoms with Gasteiger partial charge in [0, 0.05) is 16.1 Å². The number of hydrogen-bond acceptors (Lipinski definition) is 3. The fourth-order valence-electron chi connectivity index (χ4n) is 3.08. The van der Waals surface area contributed by atoms with Gasteiger partial charge >= 0.3 is 0 Å². The molecule has 0 aliphatic rings. The van der Waals surface area contributed by atoms with Crippen molar-refractivity contribution in [3.63, 3.8) is 0 Å². The summed E-state index contributed by atoms with van der Waals surface area (Å²) < 4.78 is 5.80. The molecular formula is C26H26ClNO3. The summed E-state index contributed by atoms with van der Waals surface area (Å²) in [5.41, 5.74) is 2.46. The Morgan fingerprint density at radius 3 is 2.19 bits per heavy atom. The second-order valence-electron chi connectivity index (χ2n) is 8.41. The second-order valence-corrected chi connectivity index (χ2v) is 8.85. The quantitative estimate of drug-likeness (QED) is 0.464. The molecule has 5 heteroatoms. The number of nitrogens with one attached hydrogen (secondary N) is 1. The molecule has 0 aliphatic heterocycles. The van der Waals surface area contributed by atoms with Crippen LogP contribution in [0.5, 0.6) is 5.75 Å². The molecule has 0 aromatic heterocycles. The van der Waals surface area contributed by atoms with E-state index in [0.29, 0.717) is 27.6 Å². The number of anilines is 1. The first kappa shape index (κ1) is 22.6. The third kappa shape index (κ3) is 5.74. The van der Waals surface area contributed by atoms with Crippen LogP contribution in [0, 0.1) is 0 Å². The molecule has 1 amide bonds. The van der Waals surface area contributed by atoms with E-state index in [9.17, 15) is 9.59 Å². The van der Waals surface area contributed by atoms with Gasteiger partial charge in [-0.25, -0.2) is 0 Å². The highest BCUT2D eigenvalue weighted by atomic mass is 35.5. The lowest BCUT2D eigenvalue weighted by atomic mass is 9.87. The van der Waals surface area contributed by atoms with Crippen molar-refractivity contribution in [2.45, 2.75) is 39.2 Å². The molecule has 0 heterocycles. The van der Waals surface area contributed by atoms with Crippen LogP contribution in [0.25, 0.3) is 0 Å². The van der Waals surface area contributed by atoms with Crippen LogP contribution in [0.1, 0.15) is 49.2 Å². The summed E-state index contributed by atoms with van der Waals surface area (Å²) in [7, 11) is 0. The van der Waals surface area contributed by atoms with Crippen molar-refractivity contribution in [3.8, 4) is 5.75 Å². The van der Waals surface area contributed by atoms with Crippen molar-refractivity contribution in [2.24, 2.45) is 0 Å². The molecule has 0 fully saturated rings. The molecule has 0 bridgehead atoms. The largest absolute Gasteiger partial charge is 0.481 e. The van der Waals surface area contributed by atoms with Gasteiger partial charge in [0.1, 0.15) is 5.75 Å². The van der Waals surface area contributed by atoms with E-state index >= 15 is 0 Å². The molecule has 0 aliphatic carbocycles. The Hall–Kier alpha value is -3.11. The minimum Gasteiger partial charge on any atom is -0.481 e. The van der Waals surface area contributed by atoms with Crippen molar-refractivity contribution in [2.75, 3.05) is 5.32 Å². The molecule has 3 aromatic rings. The van der Waals surface area contributed by atoms with Crippen molar-refractivity contribution in [1.29, 1.82) is 0 Å². The molecule has 0 unspecified atom stereocenters. The van der Waals surface area contributed by atoms with Crippen LogP contribution in [0.4, 0.5) is 5.69 Å². The van der Waals surface area contributed by atoms with Gasteiger partial charge in [0.05, 0.1) is 5.69 Å². The Morgan fingerprint density at radius 1 is 0.935 bits per heavy atom. The average molecular weight is 436 g/mol. The minimum absolute atomic E-state index is 0.0395. The van der Waals surface area contributed by atoms with E-state index < -0.39 is 6.10 Å². The number of benzene rings is 3. The first-order chi connectivity index (χ1) is 14.6. The van der Waals surface area contributed by atoms with E-state index in [-0.39, 0.29) is 17.1 Å². The number of carbonyl (C=O) groups is 2. The van der Waals surface area contributed by atoms with Crippen LogP contribution in [0.3, 0.4) is 0 Å². The van der Waals surface area contributed by atoms with Crippen molar-refractivity contribution < 1.29 is 14.3 Å². The average Bonchev–Trinajstić information content (AvgIpc) is 2.74. The van der Waals surface area contributed by atoms with Gasteiger partial charge < -0.3 is 10.1 Å². The zero-order chi connectivity index (χ0) is 22.6. The Morgan fingerprint density at radius 2 is 1.58 bits per heavy atom. The minimum atomic E-state index is -0.754. The fourth-order valence-corrected chi connectivity index (χ4v) is 3.26. The molecule has 31 heavy (non-hydrogen) atoms. The lowest BCUT2D eigenvalue weighted by Crippen LogP contribution is -2.30. The van der Waals surface area contributed by atoms with Gasteiger partial charge in [0.15, 0.2) is 11.9 Å². The van der Waals surface area contributed by atoms with E-state index in [4.69, 9.17) is 16.3 Å². The molecule has 1 atom stereocenters. The first-order valence-corrected chi connectivity index (χ1v) is 10.5. The maximum atomic E-state index is 12.9. The Balaban J connectivity index is 1.75. The van der Waals surface area contributed by atoms with Crippen molar-refractivity contribution in [1.82, 2.24) is 0 Å². The van der Waals surface area contributed by atoms with Gasteiger partial charge in [-0.05, 0) is 48.2 Å². The molecule has 1 N–H and O–H groups in total. The Bertz CT molecular complexity index is 1070. The highest BCUT2D eigenvalue weighted by Crippen LogP contribution is 2.26. The Labute approximate surface area is 188 Å². The van der Waals surface area contributed by atoms with Crippen molar-refractivity contribution in [3.05, 3.63) is 94.5 Å². The van der Waals surface area contributed by atoms with Gasteiger partial charge in [-0.2, -0.15) is 0 Å². The lowest BCUT2D eigenvalue weighted by Gasteiger charge is -2.20. The molecule has 160 valence electrons. The normalized spacial score (nSPS) is 12.2. The van der Waals surface area contributed by atoms with Crippen molar-refractivity contribution >= 4 is 29.0 Å². The summed E-state index contributed by atoms with van der Waals surface area (Å²) in [6, 6.07) is 21.4. The highest BCUT2D eigenvalue weighted by Gasteiger charge is 2.20. The lowest BCUT2D eigenvalue weighted by molar-refractivity contribution is -0.122. The maximum Gasteiger partial charge on any atom is 0.265 e. The van der Waals surface area contributed by atoms with Gasteiger partial charge in [-0.1, -0.05) is 74.8 Å². The summed E-state index contributed by atoms with van der Waals surface area (Å²) in [5, 5.41) is 3.22. The second kappa shape index (κ2) is 9.36. The molecular weight excluding hydrogens is 410 g/mol. The number of rotatable bonds is 6. The molecule has 0 spiro atoms. The third-order valence-electron chi connectivity index (χ3n) is 4.92.